The number of likely N-dealkylation sites (tertiary alicyclic amines) is 1. The van der Waals surface area contributed by atoms with Gasteiger partial charge in [-0.2, -0.15) is 0 Å². The number of nitrogens with one attached hydrogen (secondary N) is 1. The summed E-state index contributed by atoms with van der Waals surface area (Å²) in [5, 5.41) is 3.05. The predicted molar refractivity (Wildman–Crippen MR) is 116 cm³/mol. The molecule has 3 rings (SSSR count). The van der Waals surface area contributed by atoms with E-state index in [9.17, 15) is 4.79 Å². The summed E-state index contributed by atoms with van der Waals surface area (Å²) in [4.78, 5) is 16.9. The molecule has 0 aromatic heterocycles. The van der Waals surface area contributed by atoms with Crippen molar-refractivity contribution >= 4 is 11.6 Å². The maximum absolute atomic E-state index is 12.4. The summed E-state index contributed by atoms with van der Waals surface area (Å²) in [6.07, 6.45) is 2.41. The summed E-state index contributed by atoms with van der Waals surface area (Å²) >= 11 is 0. The van der Waals surface area contributed by atoms with E-state index < -0.39 is 0 Å². The second-order valence-electron chi connectivity index (χ2n) is 7.49. The third kappa shape index (κ3) is 5.64. The quantitative estimate of drug-likeness (QED) is 0.705. The molecule has 0 radical (unpaired) electrons. The number of carbonyl (C=O) groups is 1. The van der Waals surface area contributed by atoms with Gasteiger partial charge in [0.1, 0.15) is 0 Å². The molecule has 1 aliphatic heterocycles. The van der Waals surface area contributed by atoms with Crippen molar-refractivity contribution < 1.29 is 14.3 Å². The number of hydrogen-bond donors (Lipinski definition) is 1. The van der Waals surface area contributed by atoms with Crippen LogP contribution >= 0.6 is 0 Å². The maximum atomic E-state index is 12.4. The van der Waals surface area contributed by atoms with Crippen LogP contribution in [0.5, 0.6) is 11.5 Å². The molecule has 0 spiro atoms. The van der Waals surface area contributed by atoms with Gasteiger partial charge in [0, 0.05) is 26.3 Å². The van der Waals surface area contributed by atoms with Crippen molar-refractivity contribution in [1.82, 2.24) is 10.2 Å². The Morgan fingerprint density at radius 1 is 1.07 bits per heavy atom. The van der Waals surface area contributed by atoms with Crippen molar-refractivity contribution in [3.05, 3.63) is 54.1 Å². The Hall–Kier alpha value is -2.73. The van der Waals surface area contributed by atoms with Gasteiger partial charge in [0.25, 0.3) is 5.91 Å². The van der Waals surface area contributed by atoms with E-state index >= 15 is 0 Å². The molecule has 1 atom stereocenters. The molecule has 0 saturated carbocycles. The maximum Gasteiger partial charge on any atom is 0.258 e. The lowest BCUT2D eigenvalue weighted by molar-refractivity contribution is -0.123. The number of anilines is 1. The van der Waals surface area contributed by atoms with Crippen molar-refractivity contribution in [3.63, 3.8) is 0 Å². The molecule has 0 aliphatic carbocycles. The first-order valence-corrected chi connectivity index (χ1v) is 10.1. The molecular formula is C23H31N3O3. The summed E-state index contributed by atoms with van der Waals surface area (Å²) in [7, 11) is 5.66. The van der Waals surface area contributed by atoms with Crippen LogP contribution in [0.3, 0.4) is 0 Å². The molecule has 1 heterocycles. The topological polar surface area (TPSA) is 54.0 Å². The van der Waals surface area contributed by atoms with Gasteiger partial charge in [-0.15, -0.1) is 0 Å². The minimum Gasteiger partial charge on any atom is -0.493 e. The van der Waals surface area contributed by atoms with Gasteiger partial charge in [0.05, 0.1) is 13.2 Å². The van der Waals surface area contributed by atoms with Gasteiger partial charge in [-0.25, -0.2) is 0 Å². The third-order valence-electron chi connectivity index (χ3n) is 5.30. The molecule has 156 valence electrons. The first-order valence-electron chi connectivity index (χ1n) is 10.1. The normalized spacial score (nSPS) is 15.0. The third-order valence-corrected chi connectivity index (χ3v) is 5.30. The fraction of sp³-hybridized carbons (Fsp3) is 0.435. The van der Waals surface area contributed by atoms with Crippen molar-refractivity contribution in [3.8, 4) is 11.5 Å². The first-order chi connectivity index (χ1) is 14.1. The summed E-state index contributed by atoms with van der Waals surface area (Å²) in [5.74, 6) is 1.06. The van der Waals surface area contributed by atoms with Crippen LogP contribution in [0.2, 0.25) is 0 Å². The number of hydrogen-bond acceptors (Lipinski definition) is 5. The molecule has 1 aliphatic rings. The lowest BCUT2D eigenvalue weighted by Gasteiger charge is -2.28. The van der Waals surface area contributed by atoms with E-state index in [0.29, 0.717) is 18.0 Å². The predicted octanol–water partition coefficient (Wildman–Crippen LogP) is 3.09. The number of rotatable bonds is 9. The van der Waals surface area contributed by atoms with E-state index in [1.807, 2.05) is 32.3 Å². The molecule has 1 N–H and O–H groups in total. The fourth-order valence-electron chi connectivity index (χ4n) is 3.65. The van der Waals surface area contributed by atoms with Crippen LogP contribution in [0.25, 0.3) is 0 Å². The standard InChI is InChI=1S/C23H31N3O3/c1-25(2)19-12-10-18(11-13-19)20(26-14-6-7-15-26)16-24-23(27)17-29-22-9-5-4-8-21(22)28-3/h4-5,8-13,20H,6-7,14-17H2,1-3H3,(H,24,27)/t20-/m0/s1. The molecule has 6 heteroatoms. The van der Waals surface area contributed by atoms with Crippen LogP contribution in [0.4, 0.5) is 5.69 Å². The molecule has 29 heavy (non-hydrogen) atoms. The summed E-state index contributed by atoms with van der Waals surface area (Å²) in [6.45, 7) is 2.66. The monoisotopic (exact) mass is 397 g/mol. The molecular weight excluding hydrogens is 366 g/mol. The second-order valence-corrected chi connectivity index (χ2v) is 7.49. The molecule has 0 bridgehead atoms. The Bertz CT molecular complexity index is 786. The summed E-state index contributed by atoms with van der Waals surface area (Å²) < 4.78 is 10.9. The average molecular weight is 398 g/mol. The fourth-order valence-corrected chi connectivity index (χ4v) is 3.65. The summed E-state index contributed by atoms with van der Waals surface area (Å²) in [6, 6.07) is 16.1. The highest BCUT2D eigenvalue weighted by molar-refractivity contribution is 5.77. The minimum atomic E-state index is -0.134. The van der Waals surface area contributed by atoms with Crippen LogP contribution in [0.1, 0.15) is 24.4 Å². The smallest absolute Gasteiger partial charge is 0.258 e. The van der Waals surface area contributed by atoms with Crippen molar-refractivity contribution in [1.29, 1.82) is 0 Å². The van der Waals surface area contributed by atoms with Crippen molar-refractivity contribution in [2.45, 2.75) is 18.9 Å². The minimum absolute atomic E-state index is 0.0351. The van der Waals surface area contributed by atoms with E-state index in [4.69, 9.17) is 9.47 Å². The molecule has 2 aromatic carbocycles. The lowest BCUT2D eigenvalue weighted by atomic mass is 10.0. The number of carbonyl (C=O) groups excluding carboxylic acids is 1. The zero-order valence-electron chi connectivity index (χ0n) is 17.6. The Morgan fingerprint density at radius 3 is 2.34 bits per heavy atom. The lowest BCUT2D eigenvalue weighted by Crippen LogP contribution is -2.38. The van der Waals surface area contributed by atoms with Gasteiger partial charge >= 0.3 is 0 Å². The number of para-hydroxylation sites is 2. The van der Waals surface area contributed by atoms with E-state index in [1.54, 1.807) is 13.2 Å². The number of methoxy groups -OCH3 is 1. The number of ether oxygens (including phenoxy) is 2. The second kappa shape index (κ2) is 10.2. The van der Waals surface area contributed by atoms with Crippen molar-refractivity contribution in [2.24, 2.45) is 0 Å². The molecule has 1 fully saturated rings. The van der Waals surface area contributed by atoms with Gasteiger partial charge in [-0.1, -0.05) is 24.3 Å². The Kier molecular flexibility index (Phi) is 7.36. The molecule has 1 amide bonds. The zero-order valence-corrected chi connectivity index (χ0v) is 17.6. The Balaban J connectivity index is 1.60. The zero-order chi connectivity index (χ0) is 20.6. The van der Waals surface area contributed by atoms with E-state index in [-0.39, 0.29) is 18.6 Å². The Labute approximate surface area is 173 Å². The van der Waals surface area contributed by atoms with Crippen LogP contribution in [-0.4, -0.2) is 58.3 Å². The summed E-state index contributed by atoms with van der Waals surface area (Å²) in [5.41, 5.74) is 2.40. The molecule has 6 nitrogen and oxygen atoms in total. The van der Waals surface area contributed by atoms with Crippen molar-refractivity contribution in [2.75, 3.05) is 52.3 Å². The first kappa shape index (κ1) is 21.0. The van der Waals surface area contributed by atoms with Crippen LogP contribution in [0.15, 0.2) is 48.5 Å². The highest BCUT2D eigenvalue weighted by Crippen LogP contribution is 2.27. The van der Waals surface area contributed by atoms with Gasteiger partial charge in [-0.05, 0) is 55.8 Å². The van der Waals surface area contributed by atoms with Gasteiger partial charge < -0.3 is 19.7 Å². The molecule has 1 saturated heterocycles. The highest BCUT2D eigenvalue weighted by atomic mass is 16.5. The van der Waals surface area contributed by atoms with Crippen LogP contribution in [0, 0.1) is 0 Å². The highest BCUT2D eigenvalue weighted by Gasteiger charge is 2.24. The van der Waals surface area contributed by atoms with Crippen LogP contribution in [-0.2, 0) is 4.79 Å². The van der Waals surface area contributed by atoms with Gasteiger partial charge in [0.2, 0.25) is 0 Å². The molecule has 2 aromatic rings. The van der Waals surface area contributed by atoms with Gasteiger partial charge in [-0.3, -0.25) is 9.69 Å². The van der Waals surface area contributed by atoms with E-state index in [1.165, 1.54) is 24.1 Å². The Morgan fingerprint density at radius 2 is 1.72 bits per heavy atom. The number of nitrogens with zero attached hydrogens (tertiary/aromatic N) is 2. The number of benzene rings is 2. The van der Waals surface area contributed by atoms with Gasteiger partial charge in [0.15, 0.2) is 18.1 Å². The largest absolute Gasteiger partial charge is 0.493 e. The van der Waals surface area contributed by atoms with E-state index in [0.717, 1.165) is 13.1 Å². The average Bonchev–Trinajstić information content (AvgIpc) is 3.27. The SMILES string of the molecule is COc1ccccc1OCC(=O)NC[C@@H](c1ccc(N(C)C)cc1)N1CCCC1. The molecule has 0 unspecified atom stereocenters. The van der Waals surface area contributed by atoms with E-state index in [2.05, 4.69) is 39.4 Å². The van der Waals surface area contributed by atoms with Crippen LogP contribution < -0.4 is 19.7 Å². The number of amides is 1.